The molecular weight excluding hydrogens is 352 g/mol. The standard InChI is InChI=1S/C19H19ClN4S/c1-19(2,3)15-8-4-13(5-9-15)12-21-24-17(22-23-18(24)25)14-6-10-16(20)11-7-14/h4-12H,1-3H3,(H,23,25)/b21-12+. The molecule has 1 aromatic heterocycles. The number of benzene rings is 2. The lowest BCUT2D eigenvalue weighted by Gasteiger charge is -2.18. The first-order valence-electron chi connectivity index (χ1n) is 7.93. The highest BCUT2D eigenvalue weighted by molar-refractivity contribution is 7.71. The van der Waals surface area contributed by atoms with Crippen molar-refractivity contribution in [1.82, 2.24) is 14.9 Å². The van der Waals surface area contributed by atoms with Crippen LogP contribution in [0.3, 0.4) is 0 Å². The van der Waals surface area contributed by atoms with Crippen molar-refractivity contribution in [1.29, 1.82) is 0 Å². The van der Waals surface area contributed by atoms with Crippen LogP contribution in [0.5, 0.6) is 0 Å². The summed E-state index contributed by atoms with van der Waals surface area (Å²) < 4.78 is 2.04. The first-order chi connectivity index (χ1) is 11.8. The van der Waals surface area contributed by atoms with Crippen LogP contribution in [0, 0.1) is 4.77 Å². The summed E-state index contributed by atoms with van der Waals surface area (Å²) in [7, 11) is 0. The summed E-state index contributed by atoms with van der Waals surface area (Å²) in [4.78, 5) is 0. The molecule has 0 bridgehead atoms. The zero-order valence-electron chi connectivity index (χ0n) is 14.3. The van der Waals surface area contributed by atoms with Gasteiger partial charge in [0, 0.05) is 10.6 Å². The van der Waals surface area contributed by atoms with E-state index in [1.165, 1.54) is 5.56 Å². The van der Waals surface area contributed by atoms with Gasteiger partial charge in [0.1, 0.15) is 0 Å². The number of aromatic nitrogens is 3. The number of hydrogen-bond acceptors (Lipinski definition) is 3. The van der Waals surface area contributed by atoms with Gasteiger partial charge in [-0.3, -0.25) is 0 Å². The third-order valence-electron chi connectivity index (χ3n) is 3.85. The largest absolute Gasteiger partial charge is 0.250 e. The average Bonchev–Trinajstić information content (AvgIpc) is 2.94. The van der Waals surface area contributed by atoms with Crippen LogP contribution in [0.2, 0.25) is 5.02 Å². The lowest BCUT2D eigenvalue weighted by molar-refractivity contribution is 0.590. The summed E-state index contributed by atoms with van der Waals surface area (Å²) >= 11 is 11.2. The van der Waals surface area contributed by atoms with Crippen LogP contribution < -0.4 is 0 Å². The zero-order valence-corrected chi connectivity index (χ0v) is 15.9. The Morgan fingerprint density at radius 1 is 1.08 bits per heavy atom. The van der Waals surface area contributed by atoms with Crippen molar-refractivity contribution in [3.05, 3.63) is 69.5 Å². The highest BCUT2D eigenvalue weighted by atomic mass is 35.5. The van der Waals surface area contributed by atoms with E-state index in [4.69, 9.17) is 23.8 Å². The molecule has 25 heavy (non-hydrogen) atoms. The molecule has 0 aliphatic heterocycles. The Bertz CT molecular complexity index is 945. The molecule has 128 valence electrons. The number of aromatic amines is 1. The Hall–Kier alpha value is -2.24. The first kappa shape index (κ1) is 17.6. The summed E-state index contributed by atoms with van der Waals surface area (Å²) in [5.41, 5.74) is 3.30. The number of H-pyrrole nitrogens is 1. The molecule has 2 aromatic carbocycles. The first-order valence-corrected chi connectivity index (χ1v) is 8.71. The molecule has 0 saturated heterocycles. The van der Waals surface area contributed by atoms with Crippen molar-refractivity contribution in [2.24, 2.45) is 5.10 Å². The van der Waals surface area contributed by atoms with Gasteiger partial charge in [-0.25, -0.2) is 5.10 Å². The van der Waals surface area contributed by atoms with E-state index < -0.39 is 0 Å². The van der Waals surface area contributed by atoms with Crippen LogP contribution >= 0.6 is 23.8 Å². The molecule has 0 radical (unpaired) electrons. The number of hydrogen-bond donors (Lipinski definition) is 1. The minimum atomic E-state index is 0.129. The number of nitrogens with one attached hydrogen (secondary N) is 1. The number of rotatable bonds is 3. The van der Waals surface area contributed by atoms with Gasteiger partial charge in [0.15, 0.2) is 5.82 Å². The fraction of sp³-hybridized carbons (Fsp3) is 0.211. The second kappa shape index (κ2) is 6.94. The smallest absolute Gasteiger partial charge is 0.216 e. The highest BCUT2D eigenvalue weighted by Gasteiger charge is 2.12. The monoisotopic (exact) mass is 370 g/mol. The molecule has 0 aliphatic rings. The van der Waals surface area contributed by atoms with Crippen molar-refractivity contribution in [2.75, 3.05) is 0 Å². The molecule has 3 aromatic rings. The van der Waals surface area contributed by atoms with E-state index in [1.807, 2.05) is 24.3 Å². The second-order valence-corrected chi connectivity index (χ2v) is 7.61. The van der Waals surface area contributed by atoms with Gasteiger partial charge in [-0.15, -0.1) is 0 Å². The Balaban J connectivity index is 1.90. The summed E-state index contributed by atoms with van der Waals surface area (Å²) in [6, 6.07) is 15.7. The van der Waals surface area contributed by atoms with Crippen LogP contribution in [0.25, 0.3) is 11.4 Å². The second-order valence-electron chi connectivity index (χ2n) is 6.79. The van der Waals surface area contributed by atoms with Crippen molar-refractivity contribution >= 4 is 30.0 Å². The van der Waals surface area contributed by atoms with E-state index in [0.717, 1.165) is 11.1 Å². The summed E-state index contributed by atoms with van der Waals surface area (Å²) in [5.74, 6) is 0.643. The summed E-state index contributed by atoms with van der Waals surface area (Å²) in [6.45, 7) is 6.58. The van der Waals surface area contributed by atoms with Gasteiger partial charge in [0.2, 0.25) is 4.77 Å². The normalized spacial score (nSPS) is 12.0. The predicted octanol–water partition coefficient (Wildman–Crippen LogP) is 5.44. The van der Waals surface area contributed by atoms with Crippen LogP contribution in [0.15, 0.2) is 53.6 Å². The minimum Gasteiger partial charge on any atom is -0.250 e. The fourth-order valence-corrected chi connectivity index (χ4v) is 2.68. The Kier molecular flexibility index (Phi) is 4.88. The molecule has 0 saturated carbocycles. The number of nitrogens with zero attached hydrogens (tertiary/aromatic N) is 3. The van der Waals surface area contributed by atoms with E-state index in [9.17, 15) is 0 Å². The van der Waals surface area contributed by atoms with E-state index >= 15 is 0 Å². The van der Waals surface area contributed by atoms with Gasteiger partial charge >= 0.3 is 0 Å². The zero-order chi connectivity index (χ0) is 18.0. The molecule has 0 atom stereocenters. The van der Waals surface area contributed by atoms with Crippen LogP contribution in [-0.2, 0) is 5.41 Å². The number of halogens is 1. The van der Waals surface area contributed by atoms with Gasteiger partial charge in [-0.05, 0) is 53.0 Å². The average molecular weight is 371 g/mol. The van der Waals surface area contributed by atoms with Crippen LogP contribution in [0.4, 0.5) is 0 Å². The van der Waals surface area contributed by atoms with Gasteiger partial charge in [0.25, 0.3) is 0 Å². The summed E-state index contributed by atoms with van der Waals surface area (Å²) in [5, 5.41) is 12.2. The Morgan fingerprint density at radius 2 is 1.72 bits per heavy atom. The lowest BCUT2D eigenvalue weighted by atomic mass is 9.87. The van der Waals surface area contributed by atoms with Gasteiger partial charge in [-0.1, -0.05) is 56.6 Å². The molecule has 0 unspecified atom stereocenters. The maximum absolute atomic E-state index is 5.94. The van der Waals surface area contributed by atoms with Crippen molar-refractivity contribution < 1.29 is 0 Å². The third-order valence-corrected chi connectivity index (χ3v) is 4.37. The molecule has 0 spiro atoms. The van der Waals surface area contributed by atoms with Gasteiger partial charge < -0.3 is 0 Å². The minimum absolute atomic E-state index is 0.129. The molecule has 0 amide bonds. The van der Waals surface area contributed by atoms with Gasteiger partial charge in [0.05, 0.1) is 6.21 Å². The molecule has 0 fully saturated rings. The Labute approximate surface area is 157 Å². The van der Waals surface area contributed by atoms with Crippen LogP contribution in [-0.4, -0.2) is 21.1 Å². The fourth-order valence-electron chi connectivity index (χ4n) is 2.38. The molecule has 1 N–H and O–H groups in total. The highest BCUT2D eigenvalue weighted by Crippen LogP contribution is 2.22. The van der Waals surface area contributed by atoms with E-state index in [0.29, 0.717) is 15.6 Å². The quantitative estimate of drug-likeness (QED) is 0.492. The lowest BCUT2D eigenvalue weighted by Crippen LogP contribution is -2.10. The predicted molar refractivity (Wildman–Crippen MR) is 106 cm³/mol. The molecule has 4 nitrogen and oxygen atoms in total. The molecule has 3 rings (SSSR count). The molecular formula is C19H19ClN4S. The molecule has 0 aliphatic carbocycles. The van der Waals surface area contributed by atoms with Crippen LogP contribution in [0.1, 0.15) is 31.9 Å². The third kappa shape index (κ3) is 4.06. The van der Waals surface area contributed by atoms with Gasteiger partial charge in [-0.2, -0.15) is 14.9 Å². The topological polar surface area (TPSA) is 46.0 Å². The Morgan fingerprint density at radius 3 is 2.32 bits per heavy atom. The summed E-state index contributed by atoms with van der Waals surface area (Å²) in [6.07, 6.45) is 1.77. The van der Waals surface area contributed by atoms with E-state index in [-0.39, 0.29) is 5.41 Å². The van der Waals surface area contributed by atoms with E-state index in [1.54, 1.807) is 10.9 Å². The van der Waals surface area contributed by atoms with Crippen molar-refractivity contribution in [3.8, 4) is 11.4 Å². The van der Waals surface area contributed by atoms with Crippen molar-refractivity contribution in [2.45, 2.75) is 26.2 Å². The maximum atomic E-state index is 5.94. The SMILES string of the molecule is CC(C)(C)c1ccc(/C=N/n2c(-c3ccc(Cl)cc3)n[nH]c2=S)cc1. The molecule has 1 heterocycles. The molecule has 6 heteroatoms. The van der Waals surface area contributed by atoms with E-state index in [2.05, 4.69) is 60.3 Å². The van der Waals surface area contributed by atoms with Crippen molar-refractivity contribution in [3.63, 3.8) is 0 Å². The maximum Gasteiger partial charge on any atom is 0.216 e.